The molecule has 3 aliphatic rings. The summed E-state index contributed by atoms with van der Waals surface area (Å²) in [6, 6.07) is 26.1. The molecule has 3 nitrogen and oxygen atoms in total. The van der Waals surface area contributed by atoms with Gasteiger partial charge < -0.3 is 4.74 Å². The van der Waals surface area contributed by atoms with E-state index in [4.69, 9.17) is 4.74 Å². The minimum Gasteiger partial charge on any atom is -0.448 e. The highest BCUT2D eigenvalue weighted by Crippen LogP contribution is 2.45. The fourth-order valence-electron chi connectivity index (χ4n) is 6.32. The molecule has 2 atom stereocenters. The fraction of sp³-hybridized carbons (Fsp3) is 0.323. The Bertz CT molecular complexity index is 1210. The van der Waals surface area contributed by atoms with Crippen LogP contribution < -0.4 is 0 Å². The van der Waals surface area contributed by atoms with E-state index in [1.54, 1.807) is 0 Å². The van der Waals surface area contributed by atoms with Crippen LogP contribution >= 0.6 is 0 Å². The van der Waals surface area contributed by atoms with Crippen molar-refractivity contribution >= 4 is 11.7 Å². The zero-order valence-corrected chi connectivity index (χ0v) is 19.7. The maximum Gasteiger partial charge on any atom is 0.410 e. The molecule has 0 radical (unpaired) electrons. The van der Waals surface area contributed by atoms with E-state index in [-0.39, 0.29) is 24.1 Å². The number of hydrogen-bond donors (Lipinski definition) is 0. The number of amides is 1. The molecule has 0 saturated carbocycles. The van der Waals surface area contributed by atoms with Gasteiger partial charge in [-0.25, -0.2) is 4.79 Å². The Labute approximate surface area is 202 Å². The first kappa shape index (κ1) is 21.2. The molecule has 1 saturated heterocycles. The second-order valence-corrected chi connectivity index (χ2v) is 9.77. The van der Waals surface area contributed by atoms with Crippen molar-refractivity contribution < 1.29 is 9.53 Å². The average Bonchev–Trinajstić information content (AvgIpc) is 3.20. The molecule has 2 bridgehead atoms. The summed E-state index contributed by atoms with van der Waals surface area (Å²) >= 11 is 0. The monoisotopic (exact) mass is 449 g/mol. The first-order valence-electron chi connectivity index (χ1n) is 12.7. The zero-order valence-electron chi connectivity index (χ0n) is 19.7. The van der Waals surface area contributed by atoms with E-state index < -0.39 is 0 Å². The molecule has 2 heterocycles. The largest absolute Gasteiger partial charge is 0.448 e. The van der Waals surface area contributed by atoms with Gasteiger partial charge >= 0.3 is 6.09 Å². The summed E-state index contributed by atoms with van der Waals surface area (Å²) in [6.07, 6.45) is 7.35. The lowest BCUT2D eigenvalue weighted by Crippen LogP contribution is -2.52. The molecular weight excluding hydrogens is 418 g/mol. The highest BCUT2D eigenvalue weighted by Gasteiger charge is 2.39. The molecule has 0 spiro atoms. The molecule has 172 valence electrons. The first-order valence-corrected chi connectivity index (χ1v) is 12.7. The third-order valence-electron chi connectivity index (χ3n) is 7.93. The highest BCUT2D eigenvalue weighted by atomic mass is 16.6. The summed E-state index contributed by atoms with van der Waals surface area (Å²) in [5.41, 5.74) is 9.18. The number of nitrogens with zero attached hydrogens (tertiary/aromatic N) is 1. The summed E-state index contributed by atoms with van der Waals surface area (Å²) in [6.45, 7) is 2.60. The number of carbonyl (C=O) groups excluding carboxylic acids is 1. The summed E-state index contributed by atoms with van der Waals surface area (Å²) in [7, 11) is 0. The number of rotatable bonds is 4. The molecule has 0 N–H and O–H groups in total. The van der Waals surface area contributed by atoms with E-state index >= 15 is 0 Å². The van der Waals surface area contributed by atoms with Gasteiger partial charge in [0.25, 0.3) is 0 Å². The third kappa shape index (κ3) is 3.55. The third-order valence-corrected chi connectivity index (χ3v) is 7.93. The van der Waals surface area contributed by atoms with Gasteiger partial charge in [0.05, 0.1) is 6.04 Å². The number of aryl methyl sites for hydroxylation is 1. The molecule has 3 aromatic rings. The molecule has 34 heavy (non-hydrogen) atoms. The topological polar surface area (TPSA) is 29.5 Å². The Hall–Kier alpha value is -3.33. The smallest absolute Gasteiger partial charge is 0.410 e. The SMILES string of the molecule is CCc1ccccc1C1=CC2CCCC(C1)N2C(=O)OCC1c2ccccc2-c2ccccc21. The maximum atomic E-state index is 13.4. The van der Waals surface area contributed by atoms with Gasteiger partial charge in [-0.3, -0.25) is 4.90 Å². The van der Waals surface area contributed by atoms with E-state index in [0.717, 1.165) is 25.7 Å². The van der Waals surface area contributed by atoms with Crippen LogP contribution in [0.4, 0.5) is 4.79 Å². The molecule has 1 amide bonds. The van der Waals surface area contributed by atoms with Crippen LogP contribution in [0, 0.1) is 0 Å². The normalized spacial score (nSPS) is 21.0. The summed E-state index contributed by atoms with van der Waals surface area (Å²) < 4.78 is 6.06. The average molecular weight is 450 g/mol. The highest BCUT2D eigenvalue weighted by molar-refractivity contribution is 5.79. The number of hydrogen-bond acceptors (Lipinski definition) is 2. The standard InChI is InChI=1S/C31H31NO2/c1-2-21-10-3-4-13-25(21)22-18-23-11-9-12-24(19-22)32(23)31(33)34-20-30-28-16-7-5-14-26(28)27-15-6-8-17-29(27)30/h3-8,10,13-18,23-24,30H,2,9,11-12,19-20H2,1H3. The van der Waals surface area contributed by atoms with Crippen LogP contribution in [-0.4, -0.2) is 29.7 Å². The summed E-state index contributed by atoms with van der Waals surface area (Å²) in [5, 5.41) is 0. The molecule has 3 heteroatoms. The van der Waals surface area contributed by atoms with E-state index in [1.807, 2.05) is 4.90 Å². The zero-order chi connectivity index (χ0) is 23.1. The lowest BCUT2D eigenvalue weighted by molar-refractivity contribution is 0.0539. The quantitative estimate of drug-likeness (QED) is 0.421. The van der Waals surface area contributed by atoms with E-state index in [0.29, 0.717) is 6.61 Å². The van der Waals surface area contributed by atoms with Gasteiger partial charge in [-0.2, -0.15) is 0 Å². The molecule has 6 rings (SSSR count). The Kier molecular flexibility index (Phi) is 5.49. The van der Waals surface area contributed by atoms with Crippen LogP contribution in [0.25, 0.3) is 16.7 Å². The first-order chi connectivity index (χ1) is 16.7. The van der Waals surface area contributed by atoms with Crippen LogP contribution in [0.15, 0.2) is 78.9 Å². The fourth-order valence-corrected chi connectivity index (χ4v) is 6.32. The van der Waals surface area contributed by atoms with Gasteiger partial charge in [0.2, 0.25) is 0 Å². The van der Waals surface area contributed by atoms with Crippen LogP contribution in [0.2, 0.25) is 0 Å². The minimum absolute atomic E-state index is 0.100. The maximum absolute atomic E-state index is 13.4. The predicted octanol–water partition coefficient (Wildman–Crippen LogP) is 7.21. The van der Waals surface area contributed by atoms with Crippen molar-refractivity contribution in [2.45, 2.75) is 57.0 Å². The Balaban J connectivity index is 1.23. The van der Waals surface area contributed by atoms with Gasteiger partial charge in [-0.05, 0) is 71.1 Å². The van der Waals surface area contributed by atoms with Gasteiger partial charge in [0, 0.05) is 12.0 Å². The van der Waals surface area contributed by atoms with E-state index in [1.165, 1.54) is 45.4 Å². The van der Waals surface area contributed by atoms with Crippen molar-refractivity contribution in [1.82, 2.24) is 4.90 Å². The molecular formula is C31H31NO2. The molecule has 3 aromatic carbocycles. The Morgan fingerprint density at radius 1 is 0.882 bits per heavy atom. The molecule has 0 aromatic heterocycles. The Morgan fingerprint density at radius 2 is 1.53 bits per heavy atom. The number of benzene rings is 3. The lowest BCUT2D eigenvalue weighted by atomic mass is 9.82. The second-order valence-electron chi connectivity index (χ2n) is 9.77. The van der Waals surface area contributed by atoms with Gasteiger partial charge in [0.15, 0.2) is 0 Å². The summed E-state index contributed by atoms with van der Waals surface area (Å²) in [5.74, 6) is 0.100. The van der Waals surface area contributed by atoms with Crippen LogP contribution in [0.5, 0.6) is 0 Å². The number of ether oxygens (including phenoxy) is 1. The summed E-state index contributed by atoms with van der Waals surface area (Å²) in [4.78, 5) is 15.5. The lowest BCUT2D eigenvalue weighted by Gasteiger charge is -2.44. The number of fused-ring (bicyclic) bond motifs is 5. The molecule has 1 fully saturated rings. The van der Waals surface area contributed by atoms with Gasteiger partial charge in [0.1, 0.15) is 6.61 Å². The number of piperidine rings is 1. The molecule has 2 aliphatic heterocycles. The van der Waals surface area contributed by atoms with Crippen LogP contribution in [-0.2, 0) is 11.2 Å². The molecule has 2 unspecified atom stereocenters. The molecule has 1 aliphatic carbocycles. The van der Waals surface area contributed by atoms with E-state index in [9.17, 15) is 4.79 Å². The van der Waals surface area contributed by atoms with Crippen molar-refractivity contribution in [3.05, 3.63) is 101 Å². The predicted molar refractivity (Wildman–Crippen MR) is 137 cm³/mol. The van der Waals surface area contributed by atoms with Crippen molar-refractivity contribution in [2.24, 2.45) is 0 Å². The van der Waals surface area contributed by atoms with Crippen molar-refractivity contribution in [3.8, 4) is 11.1 Å². The van der Waals surface area contributed by atoms with Crippen molar-refractivity contribution in [1.29, 1.82) is 0 Å². The minimum atomic E-state index is -0.157. The van der Waals surface area contributed by atoms with Gasteiger partial charge in [-0.15, -0.1) is 0 Å². The Morgan fingerprint density at radius 3 is 2.21 bits per heavy atom. The van der Waals surface area contributed by atoms with Gasteiger partial charge in [-0.1, -0.05) is 85.8 Å². The van der Waals surface area contributed by atoms with Crippen molar-refractivity contribution in [3.63, 3.8) is 0 Å². The second kappa shape index (κ2) is 8.79. The van der Waals surface area contributed by atoms with E-state index in [2.05, 4.69) is 85.8 Å². The van der Waals surface area contributed by atoms with Crippen LogP contribution in [0.3, 0.4) is 0 Å². The van der Waals surface area contributed by atoms with Crippen molar-refractivity contribution in [2.75, 3.05) is 6.61 Å². The van der Waals surface area contributed by atoms with Crippen LogP contribution in [0.1, 0.15) is 60.8 Å². The number of carbonyl (C=O) groups is 1.